The highest BCUT2D eigenvalue weighted by atomic mass is 19.1. The molecule has 0 aliphatic carbocycles. The van der Waals surface area contributed by atoms with Gasteiger partial charge in [-0.05, 0) is 47.7 Å². The number of H-pyrrole nitrogens is 2. The summed E-state index contributed by atoms with van der Waals surface area (Å²) in [6, 6.07) is 8.58. The number of phenolic OH excluding ortho intramolecular Hbond substituents is 1. The molecule has 7 nitrogen and oxygen atoms in total. The Morgan fingerprint density at radius 3 is 2.85 bits per heavy atom. The number of hydrogen-bond acceptors (Lipinski definition) is 5. The minimum atomic E-state index is -0.406. The van der Waals surface area contributed by atoms with Gasteiger partial charge in [-0.3, -0.25) is 10.00 Å². The van der Waals surface area contributed by atoms with Crippen molar-refractivity contribution in [2.45, 2.75) is 19.8 Å². The zero-order valence-corrected chi connectivity index (χ0v) is 18.4. The largest absolute Gasteiger partial charge is 0.508 e. The van der Waals surface area contributed by atoms with Crippen LogP contribution in [0.2, 0.25) is 0 Å². The van der Waals surface area contributed by atoms with Crippen LogP contribution in [0.4, 0.5) is 4.39 Å². The van der Waals surface area contributed by atoms with Crippen LogP contribution in [0.5, 0.6) is 5.75 Å². The first kappa shape index (κ1) is 21.4. The van der Waals surface area contributed by atoms with Crippen molar-refractivity contribution >= 4 is 16.5 Å². The van der Waals surface area contributed by atoms with E-state index in [4.69, 9.17) is 0 Å². The molecule has 2 aromatic carbocycles. The number of aromatic amines is 2. The fourth-order valence-electron chi connectivity index (χ4n) is 4.52. The third-order valence-corrected chi connectivity index (χ3v) is 6.23. The monoisotopic (exact) mass is 447 g/mol. The van der Waals surface area contributed by atoms with E-state index in [0.29, 0.717) is 35.4 Å². The lowest BCUT2D eigenvalue weighted by atomic mass is 9.96. The van der Waals surface area contributed by atoms with Crippen LogP contribution in [0, 0.1) is 5.82 Å². The number of β-amino-alcohol motifs (C(OH)–C–C–N with tert-alkyl or cyclic N) is 1. The molecule has 5 rings (SSSR count). The van der Waals surface area contributed by atoms with Crippen LogP contribution in [0.25, 0.3) is 39.1 Å². The van der Waals surface area contributed by atoms with E-state index in [0.717, 1.165) is 41.9 Å². The summed E-state index contributed by atoms with van der Waals surface area (Å²) in [5.41, 5.74) is 4.99. The third-order valence-electron chi connectivity index (χ3n) is 6.23. The van der Waals surface area contributed by atoms with E-state index in [-0.39, 0.29) is 17.9 Å². The average molecular weight is 448 g/mol. The highest BCUT2D eigenvalue weighted by Gasteiger charge is 2.20. The topological polar surface area (TPSA) is 101 Å². The number of hydrogen-bond donors (Lipinski definition) is 4. The molecule has 2 aromatic heterocycles. The van der Waals surface area contributed by atoms with Crippen molar-refractivity contribution in [3.8, 4) is 28.4 Å². The summed E-state index contributed by atoms with van der Waals surface area (Å²) in [7, 11) is 0. The zero-order chi connectivity index (χ0) is 22.9. The molecule has 1 aliphatic heterocycles. The first-order chi connectivity index (χ1) is 16.1. The SMILES string of the molecule is CCc1cc(O)ccc1-c1ccc2c(-c3ncc(C4=CCCN(CCO)C4)[nH]3)[nH]nc2c1F. The van der Waals surface area contributed by atoms with E-state index in [1.165, 1.54) is 0 Å². The fourth-order valence-corrected chi connectivity index (χ4v) is 4.52. The van der Waals surface area contributed by atoms with Gasteiger partial charge in [0.05, 0.1) is 18.5 Å². The third kappa shape index (κ3) is 3.92. The Bertz CT molecular complexity index is 1340. The van der Waals surface area contributed by atoms with Crippen molar-refractivity contribution in [1.82, 2.24) is 25.1 Å². The van der Waals surface area contributed by atoms with Gasteiger partial charge in [-0.15, -0.1) is 0 Å². The number of aromatic nitrogens is 4. The van der Waals surface area contributed by atoms with Crippen molar-refractivity contribution in [2.24, 2.45) is 0 Å². The second-order valence-electron chi connectivity index (χ2n) is 8.28. The van der Waals surface area contributed by atoms with Crippen LogP contribution in [0.15, 0.2) is 42.6 Å². The van der Waals surface area contributed by atoms with Gasteiger partial charge in [0.25, 0.3) is 0 Å². The molecule has 0 bridgehead atoms. The van der Waals surface area contributed by atoms with Crippen LogP contribution in [0.1, 0.15) is 24.6 Å². The van der Waals surface area contributed by atoms with E-state index < -0.39 is 5.82 Å². The van der Waals surface area contributed by atoms with Crippen molar-refractivity contribution in [2.75, 3.05) is 26.2 Å². The molecule has 4 N–H and O–H groups in total. The highest BCUT2D eigenvalue weighted by Crippen LogP contribution is 2.35. The van der Waals surface area contributed by atoms with Crippen molar-refractivity contribution < 1.29 is 14.6 Å². The molecule has 0 fully saturated rings. The predicted molar refractivity (Wildman–Crippen MR) is 126 cm³/mol. The van der Waals surface area contributed by atoms with E-state index in [2.05, 4.69) is 31.1 Å². The molecule has 0 saturated carbocycles. The van der Waals surface area contributed by atoms with Gasteiger partial charge in [0.2, 0.25) is 0 Å². The fraction of sp³-hybridized carbons (Fsp3) is 0.280. The molecule has 0 spiro atoms. The van der Waals surface area contributed by atoms with Crippen LogP contribution in [0.3, 0.4) is 0 Å². The molecule has 1 aliphatic rings. The van der Waals surface area contributed by atoms with Crippen LogP contribution in [-0.4, -0.2) is 61.5 Å². The number of nitrogens with zero attached hydrogens (tertiary/aromatic N) is 3. The summed E-state index contributed by atoms with van der Waals surface area (Å²) in [5.74, 6) is 0.357. The minimum Gasteiger partial charge on any atom is -0.508 e. The smallest absolute Gasteiger partial charge is 0.159 e. The lowest BCUT2D eigenvalue weighted by Crippen LogP contribution is -2.32. The second-order valence-corrected chi connectivity index (χ2v) is 8.28. The summed E-state index contributed by atoms with van der Waals surface area (Å²) in [6.07, 6.45) is 5.56. The minimum absolute atomic E-state index is 0.138. The number of aliphatic hydroxyl groups is 1. The summed E-state index contributed by atoms with van der Waals surface area (Å²) in [4.78, 5) is 10.1. The van der Waals surface area contributed by atoms with Crippen molar-refractivity contribution in [3.63, 3.8) is 0 Å². The lowest BCUT2D eigenvalue weighted by Gasteiger charge is -2.25. The normalized spacial score (nSPS) is 14.7. The van der Waals surface area contributed by atoms with E-state index in [1.54, 1.807) is 30.5 Å². The molecular formula is C25H26FN5O2. The van der Waals surface area contributed by atoms with Gasteiger partial charge in [0.15, 0.2) is 11.6 Å². The number of phenols is 1. The summed E-state index contributed by atoms with van der Waals surface area (Å²) in [5, 5.41) is 26.9. The number of aliphatic hydroxyl groups excluding tert-OH is 1. The first-order valence-corrected chi connectivity index (χ1v) is 11.2. The Labute approximate surface area is 190 Å². The van der Waals surface area contributed by atoms with Crippen molar-refractivity contribution in [1.29, 1.82) is 0 Å². The number of aromatic hydroxyl groups is 1. The van der Waals surface area contributed by atoms with Gasteiger partial charge >= 0.3 is 0 Å². The van der Waals surface area contributed by atoms with E-state index in [1.807, 2.05) is 13.0 Å². The molecule has 33 heavy (non-hydrogen) atoms. The molecule has 0 unspecified atom stereocenters. The summed E-state index contributed by atoms with van der Waals surface area (Å²) in [6.45, 7) is 4.43. The van der Waals surface area contributed by atoms with Crippen LogP contribution >= 0.6 is 0 Å². The first-order valence-electron chi connectivity index (χ1n) is 11.2. The number of rotatable bonds is 6. The Balaban J connectivity index is 1.49. The van der Waals surface area contributed by atoms with Gasteiger partial charge in [0.1, 0.15) is 17.0 Å². The quantitative estimate of drug-likeness (QED) is 0.356. The maximum Gasteiger partial charge on any atom is 0.159 e. The molecule has 3 heterocycles. The Hall–Kier alpha value is -3.49. The zero-order valence-electron chi connectivity index (χ0n) is 18.4. The van der Waals surface area contributed by atoms with Crippen molar-refractivity contribution in [3.05, 3.63) is 59.7 Å². The van der Waals surface area contributed by atoms with E-state index in [9.17, 15) is 10.2 Å². The maximum atomic E-state index is 15.5. The van der Waals surface area contributed by atoms with Gasteiger partial charge in [-0.25, -0.2) is 9.37 Å². The maximum absolute atomic E-state index is 15.5. The number of halogens is 1. The summed E-state index contributed by atoms with van der Waals surface area (Å²) < 4.78 is 15.5. The molecular weight excluding hydrogens is 421 g/mol. The number of nitrogens with one attached hydrogen (secondary N) is 2. The molecule has 0 saturated heterocycles. The van der Waals surface area contributed by atoms with Gasteiger partial charge < -0.3 is 15.2 Å². The average Bonchev–Trinajstić information content (AvgIpc) is 3.48. The molecule has 0 atom stereocenters. The van der Waals surface area contributed by atoms with Gasteiger partial charge in [0, 0.05) is 30.6 Å². The Morgan fingerprint density at radius 1 is 1.18 bits per heavy atom. The number of aryl methyl sites for hydroxylation is 1. The standard InChI is InChI=1S/C25H26FN5O2/c1-2-15-12-17(33)5-6-18(15)19-7-8-20-23(22(19)26)29-30-24(20)25-27-13-21(28-25)16-4-3-9-31(14-16)10-11-32/h4-8,12-13,32-33H,2-3,9-11,14H2,1H3,(H,27,28)(H,29,30). The van der Waals surface area contributed by atoms with Gasteiger partial charge in [-0.2, -0.15) is 5.10 Å². The van der Waals surface area contributed by atoms with Crippen LogP contribution < -0.4 is 0 Å². The lowest BCUT2D eigenvalue weighted by molar-refractivity contribution is 0.209. The number of benzene rings is 2. The predicted octanol–water partition coefficient (Wildman–Crippen LogP) is 4.11. The second kappa shape index (κ2) is 8.80. The van der Waals surface area contributed by atoms with Gasteiger partial charge in [-0.1, -0.05) is 25.1 Å². The summed E-state index contributed by atoms with van der Waals surface area (Å²) >= 11 is 0. The van der Waals surface area contributed by atoms with E-state index >= 15 is 4.39 Å². The Kier molecular flexibility index (Phi) is 5.70. The molecule has 8 heteroatoms. The highest BCUT2D eigenvalue weighted by molar-refractivity contribution is 5.95. The number of fused-ring (bicyclic) bond motifs is 1. The Morgan fingerprint density at radius 2 is 2.03 bits per heavy atom. The molecule has 4 aromatic rings. The molecule has 0 radical (unpaired) electrons. The van der Waals surface area contributed by atoms with Crippen LogP contribution in [-0.2, 0) is 6.42 Å². The number of imidazole rings is 1. The molecule has 170 valence electrons. The molecule has 0 amide bonds.